The van der Waals surface area contributed by atoms with Crippen LogP contribution in [0.4, 0.5) is 5.69 Å². The van der Waals surface area contributed by atoms with Gasteiger partial charge in [-0.2, -0.15) is 0 Å². The molecule has 0 spiro atoms. The molecule has 1 aliphatic heterocycles. The third-order valence-corrected chi connectivity index (χ3v) is 3.48. The van der Waals surface area contributed by atoms with Crippen molar-refractivity contribution in [3.63, 3.8) is 0 Å². The molecule has 0 fully saturated rings. The van der Waals surface area contributed by atoms with Gasteiger partial charge in [-0.3, -0.25) is 4.79 Å². The molecule has 19 heavy (non-hydrogen) atoms. The van der Waals surface area contributed by atoms with E-state index in [2.05, 4.69) is 0 Å². The zero-order valence-corrected chi connectivity index (χ0v) is 10.7. The summed E-state index contributed by atoms with van der Waals surface area (Å²) >= 11 is 0. The van der Waals surface area contributed by atoms with E-state index in [4.69, 9.17) is 4.42 Å². The minimum absolute atomic E-state index is 0.113. The van der Waals surface area contributed by atoms with Crippen LogP contribution in [0.3, 0.4) is 0 Å². The van der Waals surface area contributed by atoms with E-state index in [1.807, 2.05) is 25.1 Å². The van der Waals surface area contributed by atoms with E-state index in [1.165, 1.54) is 6.26 Å². The zero-order valence-electron chi connectivity index (χ0n) is 10.7. The first-order valence-corrected chi connectivity index (χ1v) is 6.35. The van der Waals surface area contributed by atoms with Crippen LogP contribution in [-0.4, -0.2) is 17.6 Å². The number of benzene rings is 1. The second-order valence-electron chi connectivity index (χ2n) is 4.62. The van der Waals surface area contributed by atoms with Crippen LogP contribution in [-0.2, 0) is 11.2 Å². The number of hydrogen-bond donors (Lipinski definition) is 1. The SMILES string of the molecule is CCN1C(=O)Cc2cc(C(O)c3ccco3)ccc21. The fraction of sp³-hybridized carbons (Fsp3) is 0.267. The predicted octanol–water partition coefficient (Wildman–Crippen LogP) is 2.27. The van der Waals surface area contributed by atoms with Crippen molar-refractivity contribution in [1.29, 1.82) is 0 Å². The lowest BCUT2D eigenvalue weighted by molar-refractivity contribution is -0.117. The number of hydrogen-bond acceptors (Lipinski definition) is 3. The quantitative estimate of drug-likeness (QED) is 0.917. The summed E-state index contributed by atoms with van der Waals surface area (Å²) in [5, 5.41) is 10.2. The standard InChI is InChI=1S/C15H15NO3/c1-2-16-12-6-5-10(8-11(12)9-14(16)17)15(18)13-4-3-7-19-13/h3-8,15,18H,2,9H2,1H3. The Kier molecular flexibility index (Phi) is 2.87. The summed E-state index contributed by atoms with van der Waals surface area (Å²) in [7, 11) is 0. The van der Waals surface area contributed by atoms with Crippen molar-refractivity contribution in [2.75, 3.05) is 11.4 Å². The van der Waals surface area contributed by atoms with E-state index < -0.39 is 6.10 Å². The molecule has 1 aliphatic rings. The normalized spacial score (nSPS) is 15.7. The molecule has 0 radical (unpaired) electrons. The fourth-order valence-electron chi connectivity index (χ4n) is 2.53. The maximum absolute atomic E-state index is 11.8. The Balaban J connectivity index is 1.95. The van der Waals surface area contributed by atoms with Gasteiger partial charge in [-0.05, 0) is 36.2 Å². The molecular formula is C15H15NO3. The highest BCUT2D eigenvalue weighted by atomic mass is 16.4. The van der Waals surface area contributed by atoms with E-state index in [-0.39, 0.29) is 5.91 Å². The second kappa shape index (κ2) is 4.55. The third-order valence-electron chi connectivity index (χ3n) is 3.48. The van der Waals surface area contributed by atoms with Gasteiger partial charge in [-0.15, -0.1) is 0 Å². The Labute approximate surface area is 111 Å². The highest BCUT2D eigenvalue weighted by Gasteiger charge is 2.27. The summed E-state index contributed by atoms with van der Waals surface area (Å²) in [6.07, 6.45) is 1.15. The molecule has 1 N–H and O–H groups in total. The average Bonchev–Trinajstić information content (AvgIpc) is 3.03. The molecule has 0 saturated heterocycles. The van der Waals surface area contributed by atoms with Gasteiger partial charge in [-0.1, -0.05) is 12.1 Å². The van der Waals surface area contributed by atoms with Gasteiger partial charge in [-0.25, -0.2) is 0 Å². The summed E-state index contributed by atoms with van der Waals surface area (Å²) in [5.74, 6) is 0.624. The molecule has 1 aromatic heterocycles. The number of carbonyl (C=O) groups excluding carboxylic acids is 1. The van der Waals surface area contributed by atoms with Crippen molar-refractivity contribution >= 4 is 11.6 Å². The first kappa shape index (κ1) is 12.0. The van der Waals surface area contributed by atoms with Gasteiger partial charge < -0.3 is 14.4 Å². The van der Waals surface area contributed by atoms with Crippen molar-refractivity contribution in [3.05, 3.63) is 53.5 Å². The number of anilines is 1. The van der Waals surface area contributed by atoms with Crippen LogP contribution in [0.1, 0.15) is 29.9 Å². The van der Waals surface area contributed by atoms with Crippen molar-refractivity contribution in [2.45, 2.75) is 19.4 Å². The van der Waals surface area contributed by atoms with Gasteiger partial charge in [0.1, 0.15) is 11.9 Å². The summed E-state index contributed by atoms with van der Waals surface area (Å²) < 4.78 is 5.21. The molecule has 98 valence electrons. The lowest BCUT2D eigenvalue weighted by Gasteiger charge is -2.15. The molecule has 1 amide bonds. The number of amides is 1. The van der Waals surface area contributed by atoms with Crippen molar-refractivity contribution in [1.82, 2.24) is 0 Å². The summed E-state index contributed by atoms with van der Waals surface area (Å²) in [6, 6.07) is 9.10. The minimum atomic E-state index is -0.786. The van der Waals surface area contributed by atoms with Crippen LogP contribution >= 0.6 is 0 Å². The fourth-order valence-corrected chi connectivity index (χ4v) is 2.53. The third kappa shape index (κ3) is 1.94. The number of aliphatic hydroxyl groups excluding tert-OH is 1. The van der Waals surface area contributed by atoms with E-state index in [0.29, 0.717) is 18.7 Å². The molecule has 0 saturated carbocycles. The van der Waals surface area contributed by atoms with Crippen LogP contribution in [0.5, 0.6) is 0 Å². The molecule has 2 heterocycles. The monoisotopic (exact) mass is 257 g/mol. The summed E-state index contributed by atoms with van der Waals surface area (Å²) in [4.78, 5) is 13.6. The molecular weight excluding hydrogens is 242 g/mol. The molecule has 3 rings (SSSR count). The summed E-state index contributed by atoms with van der Waals surface area (Å²) in [6.45, 7) is 2.63. The zero-order chi connectivity index (χ0) is 13.4. The van der Waals surface area contributed by atoms with E-state index in [9.17, 15) is 9.90 Å². The van der Waals surface area contributed by atoms with Crippen LogP contribution in [0, 0.1) is 0 Å². The topological polar surface area (TPSA) is 53.7 Å². The van der Waals surface area contributed by atoms with Crippen LogP contribution in [0.2, 0.25) is 0 Å². The van der Waals surface area contributed by atoms with Gasteiger partial charge in [0.2, 0.25) is 5.91 Å². The van der Waals surface area contributed by atoms with Crippen molar-refractivity contribution < 1.29 is 14.3 Å². The Hall–Kier alpha value is -2.07. The van der Waals surface area contributed by atoms with Crippen LogP contribution < -0.4 is 4.90 Å². The Bertz CT molecular complexity index is 604. The smallest absolute Gasteiger partial charge is 0.231 e. The van der Waals surface area contributed by atoms with Crippen LogP contribution in [0.15, 0.2) is 41.0 Å². The van der Waals surface area contributed by atoms with E-state index >= 15 is 0 Å². The number of furan rings is 1. The maximum atomic E-state index is 11.8. The minimum Gasteiger partial charge on any atom is -0.466 e. The van der Waals surface area contributed by atoms with Gasteiger partial charge >= 0.3 is 0 Å². The highest BCUT2D eigenvalue weighted by molar-refractivity contribution is 6.01. The maximum Gasteiger partial charge on any atom is 0.231 e. The number of aliphatic hydroxyl groups is 1. The molecule has 4 nitrogen and oxygen atoms in total. The van der Waals surface area contributed by atoms with Gasteiger partial charge in [0, 0.05) is 12.2 Å². The molecule has 4 heteroatoms. The summed E-state index contributed by atoms with van der Waals surface area (Å²) in [5.41, 5.74) is 2.66. The first-order valence-electron chi connectivity index (χ1n) is 6.35. The van der Waals surface area contributed by atoms with E-state index in [0.717, 1.165) is 16.8 Å². The Morgan fingerprint density at radius 1 is 1.42 bits per heavy atom. The Morgan fingerprint density at radius 3 is 2.95 bits per heavy atom. The van der Waals surface area contributed by atoms with Crippen LogP contribution in [0.25, 0.3) is 0 Å². The molecule has 0 bridgehead atoms. The molecule has 0 aliphatic carbocycles. The number of nitrogens with zero attached hydrogens (tertiary/aromatic N) is 1. The molecule has 1 unspecified atom stereocenters. The molecule has 1 aromatic carbocycles. The number of carbonyl (C=O) groups is 1. The van der Waals surface area contributed by atoms with E-state index in [1.54, 1.807) is 17.0 Å². The highest BCUT2D eigenvalue weighted by Crippen LogP contribution is 2.32. The van der Waals surface area contributed by atoms with Gasteiger partial charge in [0.25, 0.3) is 0 Å². The number of fused-ring (bicyclic) bond motifs is 1. The van der Waals surface area contributed by atoms with Crippen molar-refractivity contribution in [3.8, 4) is 0 Å². The average molecular weight is 257 g/mol. The van der Waals surface area contributed by atoms with Crippen molar-refractivity contribution in [2.24, 2.45) is 0 Å². The lowest BCUT2D eigenvalue weighted by atomic mass is 10.0. The lowest BCUT2D eigenvalue weighted by Crippen LogP contribution is -2.25. The Morgan fingerprint density at radius 2 is 2.26 bits per heavy atom. The number of rotatable bonds is 3. The molecule has 2 aromatic rings. The molecule has 1 atom stereocenters. The first-order chi connectivity index (χ1) is 9.20. The second-order valence-corrected chi connectivity index (χ2v) is 4.62. The largest absolute Gasteiger partial charge is 0.466 e. The predicted molar refractivity (Wildman–Crippen MR) is 70.9 cm³/mol. The van der Waals surface area contributed by atoms with Gasteiger partial charge in [0.05, 0.1) is 12.7 Å². The van der Waals surface area contributed by atoms with Gasteiger partial charge in [0.15, 0.2) is 0 Å². The number of likely N-dealkylation sites (N-methyl/N-ethyl adjacent to an activating group) is 1.